The van der Waals surface area contributed by atoms with Crippen LogP contribution in [0.15, 0.2) is 42.5 Å². The molecule has 1 unspecified atom stereocenters. The van der Waals surface area contributed by atoms with E-state index >= 15 is 0 Å². The normalized spacial score (nSPS) is 27.0. The van der Waals surface area contributed by atoms with Crippen LogP contribution in [-0.4, -0.2) is 50.9 Å². The van der Waals surface area contributed by atoms with Gasteiger partial charge in [0, 0.05) is 24.7 Å². The van der Waals surface area contributed by atoms with E-state index in [1.54, 1.807) is 4.90 Å². The maximum absolute atomic E-state index is 12.6. The molecule has 27 heavy (non-hydrogen) atoms. The Bertz CT molecular complexity index is 862. The van der Waals surface area contributed by atoms with Gasteiger partial charge in [0.1, 0.15) is 0 Å². The highest BCUT2D eigenvalue weighted by Gasteiger charge is 2.50. The molecule has 1 aromatic heterocycles. The highest BCUT2D eigenvalue weighted by molar-refractivity contribution is 6.35. The van der Waals surface area contributed by atoms with Gasteiger partial charge in [0.25, 0.3) is 0 Å². The lowest BCUT2D eigenvalue weighted by molar-refractivity contribution is -0.158. The van der Waals surface area contributed by atoms with Gasteiger partial charge in [0.05, 0.1) is 17.9 Å². The molecular weight excluding hydrogens is 340 g/mol. The molecule has 2 heterocycles. The fourth-order valence-corrected chi connectivity index (χ4v) is 4.77. The highest BCUT2D eigenvalue weighted by atomic mass is 16.2. The first-order chi connectivity index (χ1) is 13.2. The number of piperazine rings is 1. The molecule has 4 fully saturated rings. The van der Waals surface area contributed by atoms with Crippen LogP contribution in [0.3, 0.4) is 0 Å². The predicted octanol–water partition coefficient (Wildman–Crippen LogP) is 2.11. The summed E-state index contributed by atoms with van der Waals surface area (Å²) in [5.74, 6) is 0.654. The first kappa shape index (κ1) is 16.4. The van der Waals surface area contributed by atoms with Gasteiger partial charge in [-0.1, -0.05) is 30.3 Å². The minimum atomic E-state index is -0.403. The Morgan fingerprint density at radius 2 is 1.70 bits per heavy atom. The summed E-state index contributed by atoms with van der Waals surface area (Å²) in [6.07, 6.45) is 3.54. The Balaban J connectivity index is 1.25. The summed E-state index contributed by atoms with van der Waals surface area (Å²) in [5, 5.41) is 8.52. The van der Waals surface area contributed by atoms with Gasteiger partial charge in [0.2, 0.25) is 0 Å². The molecule has 1 atom stereocenters. The highest BCUT2D eigenvalue weighted by Crippen LogP contribution is 2.50. The van der Waals surface area contributed by atoms with E-state index in [0.29, 0.717) is 37.3 Å². The van der Waals surface area contributed by atoms with Crippen LogP contribution in [0.25, 0.3) is 11.3 Å². The van der Waals surface area contributed by atoms with Gasteiger partial charge in [-0.05, 0) is 43.2 Å². The quantitative estimate of drug-likeness (QED) is 0.782. The lowest BCUT2D eigenvalue weighted by Crippen LogP contribution is -2.57. The maximum atomic E-state index is 12.6. The Morgan fingerprint density at radius 1 is 0.889 bits per heavy atom. The number of carbonyl (C=O) groups excluding carboxylic acids is 2. The topological polar surface area (TPSA) is 66.4 Å². The van der Waals surface area contributed by atoms with E-state index in [1.165, 1.54) is 12.8 Å². The molecule has 138 valence electrons. The monoisotopic (exact) mass is 362 g/mol. The van der Waals surface area contributed by atoms with Crippen LogP contribution >= 0.6 is 0 Å². The lowest BCUT2D eigenvalue weighted by Gasteiger charge is -2.38. The molecule has 1 aliphatic heterocycles. The van der Waals surface area contributed by atoms with E-state index in [1.807, 2.05) is 47.4 Å². The van der Waals surface area contributed by atoms with Crippen molar-refractivity contribution in [2.24, 2.45) is 11.8 Å². The van der Waals surface area contributed by atoms with Gasteiger partial charge in [-0.25, -0.2) is 0 Å². The molecule has 6 rings (SSSR count). The molecule has 6 heteroatoms. The number of benzene rings is 1. The lowest BCUT2D eigenvalue weighted by atomic mass is 9.84. The Hall–Kier alpha value is -2.76. The molecule has 0 spiro atoms. The van der Waals surface area contributed by atoms with Crippen LogP contribution in [0.1, 0.15) is 25.0 Å². The number of amides is 2. The zero-order valence-electron chi connectivity index (χ0n) is 15.1. The third-order valence-electron chi connectivity index (χ3n) is 6.28. The molecule has 4 aliphatic rings. The van der Waals surface area contributed by atoms with Gasteiger partial charge in [-0.2, -0.15) is 10.2 Å². The largest absolute Gasteiger partial charge is 0.329 e. The summed E-state index contributed by atoms with van der Waals surface area (Å²) in [7, 11) is 0. The minimum absolute atomic E-state index is 0.290. The number of hydrogen-bond donors (Lipinski definition) is 0. The van der Waals surface area contributed by atoms with Gasteiger partial charge >= 0.3 is 11.8 Å². The van der Waals surface area contributed by atoms with Crippen LogP contribution in [0.2, 0.25) is 0 Å². The molecule has 2 amide bonds. The molecule has 3 saturated carbocycles. The Kier molecular flexibility index (Phi) is 3.92. The number of rotatable bonds is 4. The second kappa shape index (κ2) is 6.44. The standard InChI is InChI=1S/C21H22N4O2/c26-20-21(27)25(19-12-14-10-16(19)11-14)9-8-24(20)13-17-6-7-18(23-22-17)15-4-2-1-3-5-15/h1-7,14,16,19H,8-13H2. The van der Waals surface area contributed by atoms with Crippen molar-refractivity contribution < 1.29 is 9.59 Å². The zero-order valence-corrected chi connectivity index (χ0v) is 15.1. The van der Waals surface area contributed by atoms with E-state index in [-0.39, 0.29) is 5.91 Å². The first-order valence-electron chi connectivity index (χ1n) is 9.67. The Labute approximate surface area is 158 Å². The van der Waals surface area contributed by atoms with Crippen LogP contribution in [-0.2, 0) is 16.1 Å². The van der Waals surface area contributed by atoms with Crippen LogP contribution < -0.4 is 0 Å². The summed E-state index contributed by atoms with van der Waals surface area (Å²) in [5.41, 5.74) is 2.51. The van der Waals surface area contributed by atoms with Crippen LogP contribution in [0.4, 0.5) is 0 Å². The van der Waals surface area contributed by atoms with Crippen molar-refractivity contribution in [3.63, 3.8) is 0 Å². The predicted molar refractivity (Wildman–Crippen MR) is 99.2 cm³/mol. The third-order valence-corrected chi connectivity index (χ3v) is 6.28. The van der Waals surface area contributed by atoms with Crippen molar-refractivity contribution in [2.75, 3.05) is 13.1 Å². The molecule has 1 aromatic carbocycles. The molecule has 1 saturated heterocycles. The number of nitrogens with zero attached hydrogens (tertiary/aromatic N) is 4. The van der Waals surface area contributed by atoms with E-state index in [9.17, 15) is 9.59 Å². The summed E-state index contributed by atoms with van der Waals surface area (Å²) in [4.78, 5) is 28.6. The average molecular weight is 362 g/mol. The fraction of sp³-hybridized carbons (Fsp3) is 0.429. The second-order valence-electron chi connectivity index (χ2n) is 7.90. The average Bonchev–Trinajstić information content (AvgIpc) is 3.28. The Morgan fingerprint density at radius 3 is 2.37 bits per heavy atom. The molecule has 0 radical (unpaired) electrons. The number of carbonyl (C=O) groups is 2. The third kappa shape index (κ3) is 2.89. The molecular formula is C21H22N4O2. The van der Waals surface area contributed by atoms with Crippen molar-refractivity contribution in [1.82, 2.24) is 20.0 Å². The zero-order chi connectivity index (χ0) is 18.4. The van der Waals surface area contributed by atoms with Gasteiger partial charge < -0.3 is 9.80 Å². The summed E-state index contributed by atoms with van der Waals surface area (Å²) in [6, 6.07) is 13.9. The van der Waals surface area contributed by atoms with E-state index in [4.69, 9.17) is 0 Å². The minimum Gasteiger partial charge on any atom is -0.329 e. The number of hydrogen-bond acceptors (Lipinski definition) is 4. The molecule has 6 nitrogen and oxygen atoms in total. The SMILES string of the molecule is O=C1C(=O)N(C2CC3CC2C3)CCN1Cc1ccc(-c2ccccc2)nn1. The van der Waals surface area contributed by atoms with Crippen LogP contribution in [0.5, 0.6) is 0 Å². The van der Waals surface area contributed by atoms with Crippen molar-refractivity contribution >= 4 is 11.8 Å². The van der Waals surface area contributed by atoms with Gasteiger partial charge in [-0.3, -0.25) is 9.59 Å². The van der Waals surface area contributed by atoms with Crippen molar-refractivity contribution in [2.45, 2.75) is 31.8 Å². The van der Waals surface area contributed by atoms with Gasteiger partial charge in [0.15, 0.2) is 0 Å². The van der Waals surface area contributed by atoms with Crippen molar-refractivity contribution in [1.29, 1.82) is 0 Å². The number of fused-ring (bicyclic) bond motifs is 1. The van der Waals surface area contributed by atoms with E-state index in [2.05, 4.69) is 10.2 Å². The number of aromatic nitrogens is 2. The summed E-state index contributed by atoms with van der Waals surface area (Å²) >= 11 is 0. The van der Waals surface area contributed by atoms with Crippen LogP contribution in [0, 0.1) is 11.8 Å². The smallest absolute Gasteiger partial charge is 0.312 e. The molecule has 2 aromatic rings. The first-order valence-corrected chi connectivity index (χ1v) is 9.67. The summed E-state index contributed by atoms with van der Waals surface area (Å²) < 4.78 is 0. The van der Waals surface area contributed by atoms with Crippen molar-refractivity contribution in [3.8, 4) is 11.3 Å². The fourth-order valence-electron chi connectivity index (χ4n) is 4.77. The van der Waals surface area contributed by atoms with E-state index in [0.717, 1.165) is 23.6 Å². The molecule has 0 N–H and O–H groups in total. The van der Waals surface area contributed by atoms with Gasteiger partial charge in [-0.15, -0.1) is 0 Å². The van der Waals surface area contributed by atoms with Crippen molar-refractivity contribution in [3.05, 3.63) is 48.2 Å². The molecule has 3 aliphatic carbocycles. The van der Waals surface area contributed by atoms with E-state index < -0.39 is 5.91 Å². The second-order valence-corrected chi connectivity index (χ2v) is 7.90. The molecule has 2 bridgehead atoms. The summed E-state index contributed by atoms with van der Waals surface area (Å²) in [6.45, 7) is 1.53. The maximum Gasteiger partial charge on any atom is 0.312 e.